The lowest BCUT2D eigenvalue weighted by atomic mass is 10.2. The number of amides is 1. The summed E-state index contributed by atoms with van der Waals surface area (Å²) in [6.45, 7) is 2.42. The fourth-order valence-corrected chi connectivity index (χ4v) is 4.42. The van der Waals surface area contributed by atoms with Crippen molar-refractivity contribution >= 4 is 21.9 Å². The summed E-state index contributed by atoms with van der Waals surface area (Å²) in [6.07, 6.45) is -9.55. The Morgan fingerprint density at radius 2 is 1.71 bits per heavy atom. The molecule has 1 heterocycles. The van der Waals surface area contributed by atoms with Gasteiger partial charge in [0.2, 0.25) is 10.0 Å². The van der Waals surface area contributed by atoms with Crippen LogP contribution in [0.1, 0.15) is 18.9 Å². The molecule has 1 amide bonds. The number of alkyl halides is 3. The first kappa shape index (κ1) is 22.2. The minimum atomic E-state index is -5.00. The van der Waals surface area contributed by atoms with Crippen LogP contribution in [0.4, 0.5) is 18.0 Å². The molecular weight excluding hydrogens is 401 g/mol. The highest BCUT2D eigenvalue weighted by Crippen LogP contribution is 2.26. The number of ketones is 1. The molecular formula is C17H21F3N2O5S. The Kier molecular flexibility index (Phi) is 6.71. The van der Waals surface area contributed by atoms with E-state index in [-0.39, 0.29) is 31.1 Å². The van der Waals surface area contributed by atoms with Crippen LogP contribution >= 0.6 is 0 Å². The molecule has 0 aromatic heterocycles. The standard InChI is InChI=1S/C17H21F3N2O5S/c1-3-13(23)15(17(18,19)20)27-16(24)21-8-10-22(11-9-21)28(25,26)14-7-5-4-6-12(14)2/h4-7,15H,3,8-11H2,1-2H3. The van der Waals surface area contributed by atoms with Gasteiger partial charge in [-0.25, -0.2) is 13.2 Å². The number of hydrogen-bond acceptors (Lipinski definition) is 5. The molecule has 1 unspecified atom stereocenters. The Morgan fingerprint density at radius 3 is 2.21 bits per heavy atom. The van der Waals surface area contributed by atoms with Gasteiger partial charge < -0.3 is 9.64 Å². The average Bonchev–Trinajstić information content (AvgIpc) is 2.64. The third-order valence-electron chi connectivity index (χ3n) is 4.37. The van der Waals surface area contributed by atoms with Gasteiger partial charge in [0.15, 0.2) is 5.78 Å². The van der Waals surface area contributed by atoms with E-state index in [1.165, 1.54) is 13.0 Å². The van der Waals surface area contributed by atoms with E-state index in [2.05, 4.69) is 4.74 Å². The predicted molar refractivity (Wildman–Crippen MR) is 93.1 cm³/mol. The highest BCUT2D eigenvalue weighted by Gasteiger charge is 2.48. The van der Waals surface area contributed by atoms with Crippen LogP contribution < -0.4 is 0 Å². The van der Waals surface area contributed by atoms with Crippen molar-refractivity contribution < 1.29 is 35.9 Å². The maximum absolute atomic E-state index is 12.9. The highest BCUT2D eigenvalue weighted by molar-refractivity contribution is 7.89. The molecule has 28 heavy (non-hydrogen) atoms. The molecule has 1 atom stereocenters. The third kappa shape index (κ3) is 4.82. The molecule has 1 aliphatic heterocycles. The number of carbonyl (C=O) groups excluding carboxylic acids is 2. The van der Waals surface area contributed by atoms with Gasteiger partial charge in [0.25, 0.3) is 6.10 Å². The SMILES string of the molecule is CCC(=O)C(OC(=O)N1CCN(S(=O)(=O)c2ccccc2C)CC1)C(F)(F)F. The number of Topliss-reactive ketones (excluding diaryl/α,β-unsaturated/α-hetero) is 1. The lowest BCUT2D eigenvalue weighted by molar-refractivity contribution is -0.205. The van der Waals surface area contributed by atoms with Crippen molar-refractivity contribution in [2.24, 2.45) is 0 Å². The quantitative estimate of drug-likeness (QED) is 0.727. The number of sulfonamides is 1. The molecule has 0 spiro atoms. The summed E-state index contributed by atoms with van der Waals surface area (Å²) in [5.74, 6) is -1.25. The number of piperazine rings is 1. The van der Waals surface area contributed by atoms with Crippen molar-refractivity contribution in [1.29, 1.82) is 0 Å². The molecule has 0 saturated carbocycles. The molecule has 1 aliphatic rings. The summed E-state index contributed by atoms with van der Waals surface area (Å²) >= 11 is 0. The molecule has 1 saturated heterocycles. The van der Waals surface area contributed by atoms with Crippen LogP contribution in [0, 0.1) is 6.92 Å². The summed E-state index contributed by atoms with van der Waals surface area (Å²) < 4.78 is 69.8. The molecule has 0 aliphatic carbocycles. The van der Waals surface area contributed by atoms with Crippen LogP contribution in [0.2, 0.25) is 0 Å². The Labute approximate surface area is 161 Å². The monoisotopic (exact) mass is 422 g/mol. The maximum Gasteiger partial charge on any atom is 0.432 e. The predicted octanol–water partition coefficient (Wildman–Crippen LogP) is 2.35. The fraction of sp³-hybridized carbons (Fsp3) is 0.529. The Hall–Kier alpha value is -2.14. The van der Waals surface area contributed by atoms with E-state index in [1.807, 2.05) is 0 Å². The van der Waals surface area contributed by atoms with E-state index in [0.29, 0.717) is 5.56 Å². The number of halogens is 3. The second kappa shape index (κ2) is 8.48. The van der Waals surface area contributed by atoms with Gasteiger partial charge in [-0.05, 0) is 18.6 Å². The van der Waals surface area contributed by atoms with E-state index >= 15 is 0 Å². The Bertz CT molecular complexity index is 833. The van der Waals surface area contributed by atoms with Gasteiger partial charge in [0.1, 0.15) is 0 Å². The van der Waals surface area contributed by atoms with E-state index in [1.54, 1.807) is 25.1 Å². The molecule has 0 N–H and O–H groups in total. The number of aryl methyl sites for hydroxylation is 1. The summed E-state index contributed by atoms with van der Waals surface area (Å²) in [6, 6.07) is 6.42. The van der Waals surface area contributed by atoms with Crippen LogP contribution in [0.15, 0.2) is 29.2 Å². The van der Waals surface area contributed by atoms with Gasteiger partial charge in [-0.15, -0.1) is 0 Å². The Balaban J connectivity index is 2.04. The van der Waals surface area contributed by atoms with Gasteiger partial charge in [-0.2, -0.15) is 17.5 Å². The molecule has 0 bridgehead atoms. The van der Waals surface area contributed by atoms with Crippen molar-refractivity contribution in [1.82, 2.24) is 9.21 Å². The Morgan fingerprint density at radius 1 is 1.14 bits per heavy atom. The molecule has 2 rings (SSSR count). The zero-order valence-electron chi connectivity index (χ0n) is 15.4. The summed E-state index contributed by atoms with van der Waals surface area (Å²) in [5.41, 5.74) is 0.565. The second-order valence-electron chi connectivity index (χ2n) is 6.28. The lowest BCUT2D eigenvalue weighted by Gasteiger charge is -2.34. The molecule has 1 aromatic carbocycles. The first-order valence-electron chi connectivity index (χ1n) is 8.59. The van der Waals surface area contributed by atoms with Crippen LogP contribution in [-0.2, 0) is 19.6 Å². The molecule has 1 fully saturated rings. The zero-order chi connectivity index (χ0) is 21.1. The number of rotatable bonds is 5. The molecule has 156 valence electrons. The van der Waals surface area contributed by atoms with Crippen molar-refractivity contribution in [2.45, 2.75) is 37.4 Å². The van der Waals surface area contributed by atoms with Crippen molar-refractivity contribution in [3.8, 4) is 0 Å². The van der Waals surface area contributed by atoms with E-state index in [9.17, 15) is 31.2 Å². The highest BCUT2D eigenvalue weighted by atomic mass is 32.2. The van der Waals surface area contributed by atoms with Crippen LogP contribution in [0.5, 0.6) is 0 Å². The van der Waals surface area contributed by atoms with Gasteiger partial charge in [-0.1, -0.05) is 25.1 Å². The maximum atomic E-state index is 12.9. The number of hydrogen-bond donors (Lipinski definition) is 0. The van der Waals surface area contributed by atoms with Gasteiger partial charge in [0, 0.05) is 32.6 Å². The van der Waals surface area contributed by atoms with Gasteiger partial charge in [-0.3, -0.25) is 4.79 Å². The average molecular weight is 422 g/mol. The normalized spacial score (nSPS) is 17.2. The van der Waals surface area contributed by atoms with Crippen LogP contribution in [0.25, 0.3) is 0 Å². The van der Waals surface area contributed by atoms with Crippen molar-refractivity contribution in [3.05, 3.63) is 29.8 Å². The number of ether oxygens (including phenoxy) is 1. The van der Waals surface area contributed by atoms with Gasteiger partial charge in [0.05, 0.1) is 4.90 Å². The number of carbonyl (C=O) groups is 2. The van der Waals surface area contributed by atoms with Gasteiger partial charge >= 0.3 is 12.3 Å². The minimum absolute atomic E-state index is 0.0931. The summed E-state index contributed by atoms with van der Waals surface area (Å²) in [4.78, 5) is 24.6. The van der Waals surface area contributed by atoms with Crippen molar-refractivity contribution in [2.75, 3.05) is 26.2 Å². The zero-order valence-corrected chi connectivity index (χ0v) is 16.2. The first-order valence-corrected chi connectivity index (χ1v) is 10.0. The topological polar surface area (TPSA) is 84.0 Å². The lowest BCUT2D eigenvalue weighted by Crippen LogP contribution is -2.52. The smallest absolute Gasteiger partial charge is 0.428 e. The van der Waals surface area contributed by atoms with Crippen LogP contribution in [0.3, 0.4) is 0 Å². The molecule has 11 heteroatoms. The van der Waals surface area contributed by atoms with E-state index in [0.717, 1.165) is 9.21 Å². The molecule has 0 radical (unpaired) electrons. The molecule has 1 aromatic rings. The van der Waals surface area contributed by atoms with E-state index < -0.39 is 40.6 Å². The second-order valence-corrected chi connectivity index (χ2v) is 8.19. The minimum Gasteiger partial charge on any atom is -0.428 e. The number of benzene rings is 1. The largest absolute Gasteiger partial charge is 0.432 e. The fourth-order valence-electron chi connectivity index (χ4n) is 2.77. The van der Waals surface area contributed by atoms with Crippen LogP contribution in [-0.4, -0.2) is 68.0 Å². The first-order chi connectivity index (χ1) is 13.0. The van der Waals surface area contributed by atoms with E-state index in [4.69, 9.17) is 0 Å². The summed E-state index contributed by atoms with van der Waals surface area (Å²) in [7, 11) is -3.79. The number of nitrogens with zero attached hydrogens (tertiary/aromatic N) is 2. The summed E-state index contributed by atoms with van der Waals surface area (Å²) in [5, 5.41) is 0. The van der Waals surface area contributed by atoms with Crippen molar-refractivity contribution in [3.63, 3.8) is 0 Å². The third-order valence-corrected chi connectivity index (χ3v) is 6.42. The molecule has 7 nitrogen and oxygen atoms in total.